The second-order valence-electron chi connectivity index (χ2n) is 5.49. The van der Waals surface area contributed by atoms with E-state index in [2.05, 4.69) is 5.32 Å². The van der Waals surface area contributed by atoms with Crippen LogP contribution in [0.3, 0.4) is 0 Å². The van der Waals surface area contributed by atoms with Gasteiger partial charge in [-0.1, -0.05) is 32.3 Å². The maximum atomic E-state index is 13.5. The van der Waals surface area contributed by atoms with E-state index in [1.807, 2.05) is 6.92 Å². The molecule has 1 N–H and O–H groups in total. The number of benzene rings is 1. The molecule has 0 saturated heterocycles. The molecule has 2 nitrogen and oxygen atoms in total. The first-order valence-corrected chi connectivity index (χ1v) is 7.36. The number of halogens is 2. The monoisotopic (exact) mass is 283 g/mol. The highest BCUT2D eigenvalue weighted by molar-refractivity contribution is 5.25. The SMILES string of the molecule is CCNC(c1ccc(F)c(F)c1)C1(OC)CCCCC1. The molecule has 0 radical (unpaired) electrons. The Kier molecular flexibility index (Phi) is 5.11. The number of likely N-dealkylation sites (N-methyl/N-ethyl adjacent to an activating group) is 1. The summed E-state index contributed by atoms with van der Waals surface area (Å²) in [6, 6.07) is 4.04. The van der Waals surface area contributed by atoms with E-state index in [1.165, 1.54) is 18.6 Å². The van der Waals surface area contributed by atoms with E-state index >= 15 is 0 Å². The number of hydrogen-bond acceptors (Lipinski definition) is 2. The Morgan fingerprint density at radius 3 is 2.45 bits per heavy atom. The molecule has 20 heavy (non-hydrogen) atoms. The summed E-state index contributed by atoms with van der Waals surface area (Å²) in [4.78, 5) is 0. The highest BCUT2D eigenvalue weighted by Gasteiger charge is 2.40. The van der Waals surface area contributed by atoms with Gasteiger partial charge in [0.2, 0.25) is 0 Å². The van der Waals surface area contributed by atoms with Gasteiger partial charge in [0.1, 0.15) is 0 Å². The average Bonchev–Trinajstić information content (AvgIpc) is 2.48. The summed E-state index contributed by atoms with van der Waals surface area (Å²) < 4.78 is 32.5. The Morgan fingerprint density at radius 2 is 1.90 bits per heavy atom. The van der Waals surface area contributed by atoms with Crippen molar-refractivity contribution in [3.05, 3.63) is 35.4 Å². The fourth-order valence-electron chi connectivity index (χ4n) is 3.26. The maximum absolute atomic E-state index is 13.5. The molecule has 1 atom stereocenters. The molecule has 1 unspecified atom stereocenters. The number of rotatable bonds is 5. The smallest absolute Gasteiger partial charge is 0.159 e. The van der Waals surface area contributed by atoms with E-state index in [9.17, 15) is 8.78 Å². The number of nitrogens with one attached hydrogen (secondary N) is 1. The van der Waals surface area contributed by atoms with Crippen LogP contribution in [0, 0.1) is 11.6 Å². The number of hydrogen-bond donors (Lipinski definition) is 1. The van der Waals surface area contributed by atoms with Crippen LogP contribution in [-0.2, 0) is 4.74 Å². The molecule has 0 amide bonds. The van der Waals surface area contributed by atoms with Crippen LogP contribution < -0.4 is 5.32 Å². The molecular formula is C16H23F2NO. The van der Waals surface area contributed by atoms with Crippen LogP contribution >= 0.6 is 0 Å². The van der Waals surface area contributed by atoms with Gasteiger partial charge >= 0.3 is 0 Å². The summed E-state index contributed by atoms with van der Waals surface area (Å²) in [6.07, 6.45) is 5.32. The molecule has 0 aromatic heterocycles. The first-order valence-electron chi connectivity index (χ1n) is 7.36. The molecule has 2 rings (SSSR count). The van der Waals surface area contributed by atoms with Crippen LogP contribution in [0.1, 0.15) is 50.6 Å². The second kappa shape index (κ2) is 6.64. The van der Waals surface area contributed by atoms with Crippen molar-refractivity contribution in [2.75, 3.05) is 13.7 Å². The van der Waals surface area contributed by atoms with Crippen LogP contribution in [-0.4, -0.2) is 19.3 Å². The Morgan fingerprint density at radius 1 is 1.20 bits per heavy atom. The van der Waals surface area contributed by atoms with Crippen molar-refractivity contribution >= 4 is 0 Å². The predicted molar refractivity (Wildman–Crippen MR) is 75.6 cm³/mol. The molecular weight excluding hydrogens is 260 g/mol. The molecule has 1 aliphatic rings. The lowest BCUT2D eigenvalue weighted by molar-refractivity contribution is -0.0685. The molecule has 1 saturated carbocycles. The minimum absolute atomic E-state index is 0.104. The second-order valence-corrected chi connectivity index (χ2v) is 5.49. The lowest BCUT2D eigenvalue weighted by Crippen LogP contribution is -2.47. The summed E-state index contributed by atoms with van der Waals surface area (Å²) in [6.45, 7) is 2.77. The first-order chi connectivity index (χ1) is 9.63. The molecule has 112 valence electrons. The van der Waals surface area contributed by atoms with Crippen molar-refractivity contribution in [3.8, 4) is 0 Å². The van der Waals surface area contributed by atoms with E-state index < -0.39 is 11.6 Å². The molecule has 0 bridgehead atoms. The summed E-state index contributed by atoms with van der Waals surface area (Å²) in [7, 11) is 1.72. The third-order valence-corrected chi connectivity index (χ3v) is 4.32. The molecule has 1 aliphatic carbocycles. The zero-order valence-corrected chi connectivity index (χ0v) is 12.2. The lowest BCUT2D eigenvalue weighted by atomic mass is 9.76. The van der Waals surface area contributed by atoms with Crippen molar-refractivity contribution in [3.63, 3.8) is 0 Å². The van der Waals surface area contributed by atoms with E-state index in [0.717, 1.165) is 37.8 Å². The van der Waals surface area contributed by atoms with Gasteiger partial charge in [-0.15, -0.1) is 0 Å². The van der Waals surface area contributed by atoms with Gasteiger partial charge in [-0.25, -0.2) is 8.78 Å². The summed E-state index contributed by atoms with van der Waals surface area (Å²) in [5, 5.41) is 3.39. The lowest BCUT2D eigenvalue weighted by Gasteiger charge is -2.43. The summed E-state index contributed by atoms with van der Waals surface area (Å²) in [5.74, 6) is -1.61. The molecule has 0 aliphatic heterocycles. The van der Waals surface area contributed by atoms with Crippen molar-refractivity contribution in [2.24, 2.45) is 0 Å². The van der Waals surface area contributed by atoms with Crippen LogP contribution in [0.25, 0.3) is 0 Å². The van der Waals surface area contributed by atoms with Crippen LogP contribution in [0.2, 0.25) is 0 Å². The van der Waals surface area contributed by atoms with Gasteiger partial charge in [0.15, 0.2) is 11.6 Å². The minimum atomic E-state index is -0.806. The molecule has 4 heteroatoms. The van der Waals surface area contributed by atoms with Gasteiger partial charge in [0.05, 0.1) is 11.6 Å². The van der Waals surface area contributed by atoms with Gasteiger partial charge in [0, 0.05) is 7.11 Å². The Bertz CT molecular complexity index is 444. The van der Waals surface area contributed by atoms with Gasteiger partial charge in [-0.2, -0.15) is 0 Å². The fourth-order valence-corrected chi connectivity index (χ4v) is 3.26. The largest absolute Gasteiger partial charge is 0.376 e. The average molecular weight is 283 g/mol. The molecule has 1 aromatic carbocycles. The Hall–Kier alpha value is -1.00. The maximum Gasteiger partial charge on any atom is 0.159 e. The number of methoxy groups -OCH3 is 1. The van der Waals surface area contributed by atoms with Gasteiger partial charge in [-0.3, -0.25) is 0 Å². The van der Waals surface area contributed by atoms with Gasteiger partial charge in [0.25, 0.3) is 0 Å². The van der Waals surface area contributed by atoms with Crippen LogP contribution in [0.4, 0.5) is 8.78 Å². The van der Waals surface area contributed by atoms with E-state index in [4.69, 9.17) is 4.74 Å². The normalized spacial score (nSPS) is 19.8. The summed E-state index contributed by atoms with van der Waals surface area (Å²) in [5.41, 5.74) is 0.438. The van der Waals surface area contributed by atoms with E-state index in [1.54, 1.807) is 13.2 Å². The molecule has 0 spiro atoms. The van der Waals surface area contributed by atoms with E-state index in [0.29, 0.717) is 0 Å². The standard InChI is InChI=1S/C16H23F2NO/c1-3-19-15(12-7-8-13(17)14(18)11-12)16(20-2)9-5-4-6-10-16/h7-8,11,15,19H,3-6,9-10H2,1-2H3. The Labute approximate surface area is 119 Å². The fraction of sp³-hybridized carbons (Fsp3) is 0.625. The van der Waals surface area contributed by atoms with Crippen LogP contribution in [0.15, 0.2) is 18.2 Å². The highest BCUT2D eigenvalue weighted by Crippen LogP contribution is 2.41. The van der Waals surface area contributed by atoms with E-state index in [-0.39, 0.29) is 11.6 Å². The zero-order chi connectivity index (χ0) is 14.6. The molecule has 0 heterocycles. The van der Waals surface area contributed by atoms with Crippen molar-refractivity contribution < 1.29 is 13.5 Å². The van der Waals surface area contributed by atoms with Crippen LogP contribution in [0.5, 0.6) is 0 Å². The number of ether oxygens (including phenoxy) is 1. The Balaban J connectivity index is 2.35. The third-order valence-electron chi connectivity index (χ3n) is 4.32. The van der Waals surface area contributed by atoms with Crippen molar-refractivity contribution in [1.29, 1.82) is 0 Å². The third kappa shape index (κ3) is 3.01. The summed E-state index contributed by atoms with van der Waals surface area (Å²) >= 11 is 0. The van der Waals surface area contributed by atoms with Crippen molar-refractivity contribution in [2.45, 2.75) is 50.7 Å². The zero-order valence-electron chi connectivity index (χ0n) is 12.2. The molecule has 1 aromatic rings. The van der Waals surface area contributed by atoms with Gasteiger partial charge < -0.3 is 10.1 Å². The highest BCUT2D eigenvalue weighted by atomic mass is 19.2. The quantitative estimate of drug-likeness (QED) is 0.883. The van der Waals surface area contributed by atoms with Gasteiger partial charge in [-0.05, 0) is 37.1 Å². The topological polar surface area (TPSA) is 21.3 Å². The first kappa shape index (κ1) is 15.4. The predicted octanol–water partition coefficient (Wildman–Crippen LogP) is 3.96. The minimum Gasteiger partial charge on any atom is -0.376 e. The van der Waals surface area contributed by atoms with Crippen molar-refractivity contribution in [1.82, 2.24) is 5.32 Å². The molecule has 1 fully saturated rings.